The van der Waals surface area contributed by atoms with Gasteiger partial charge >= 0.3 is 0 Å². The second kappa shape index (κ2) is 8.88. The van der Waals surface area contributed by atoms with Gasteiger partial charge in [0.1, 0.15) is 11.5 Å². The second-order valence-electron chi connectivity index (χ2n) is 5.95. The van der Waals surface area contributed by atoms with Gasteiger partial charge in [0, 0.05) is 0 Å². The van der Waals surface area contributed by atoms with Crippen LogP contribution < -0.4 is 9.47 Å². The van der Waals surface area contributed by atoms with E-state index in [0.29, 0.717) is 11.3 Å². The van der Waals surface area contributed by atoms with Crippen molar-refractivity contribution in [3.63, 3.8) is 0 Å². The highest BCUT2D eigenvalue weighted by atomic mass is 16.5. The molecule has 0 aliphatic heterocycles. The highest BCUT2D eigenvalue weighted by Crippen LogP contribution is 2.23. The highest BCUT2D eigenvalue weighted by Gasteiger charge is 2.08. The number of carbonyl (C=O) groups is 1. The normalized spacial score (nSPS) is 10.6. The summed E-state index contributed by atoms with van der Waals surface area (Å²) in [6.45, 7) is 4.14. The van der Waals surface area contributed by atoms with E-state index in [0.717, 1.165) is 23.3 Å². The number of carbonyl (C=O) groups excluding carboxylic acids is 1. The molecule has 0 aliphatic carbocycles. The van der Waals surface area contributed by atoms with E-state index in [1.54, 1.807) is 32.4 Å². The maximum Gasteiger partial charge on any atom is 0.189 e. The molecule has 0 bridgehead atoms. The summed E-state index contributed by atoms with van der Waals surface area (Å²) in [4.78, 5) is 12.4. The van der Waals surface area contributed by atoms with Crippen molar-refractivity contribution in [2.75, 3.05) is 14.2 Å². The molecule has 3 heteroatoms. The summed E-state index contributed by atoms with van der Waals surface area (Å²) in [7, 11) is 3.23. The van der Waals surface area contributed by atoms with Crippen molar-refractivity contribution in [1.82, 2.24) is 0 Å². The molecule has 130 valence electrons. The summed E-state index contributed by atoms with van der Waals surface area (Å²) in [6.07, 6.45) is 6.35. The van der Waals surface area contributed by atoms with Crippen LogP contribution in [0.3, 0.4) is 0 Å². The average molecular weight is 336 g/mol. The zero-order valence-electron chi connectivity index (χ0n) is 15.2. The van der Waals surface area contributed by atoms with Gasteiger partial charge in [0.05, 0.1) is 19.8 Å². The predicted molar refractivity (Wildman–Crippen MR) is 102 cm³/mol. The van der Waals surface area contributed by atoms with E-state index in [4.69, 9.17) is 9.47 Å². The summed E-state index contributed by atoms with van der Waals surface area (Å²) in [5.41, 5.74) is 3.87. The number of rotatable bonds is 7. The molecule has 2 rings (SSSR count). The Morgan fingerprint density at radius 2 is 1.72 bits per heavy atom. The first-order chi connectivity index (χ1) is 12.0. The van der Waals surface area contributed by atoms with Gasteiger partial charge in [-0.1, -0.05) is 35.9 Å². The lowest BCUT2D eigenvalue weighted by Crippen LogP contribution is -1.98. The third-order valence-electron chi connectivity index (χ3n) is 3.83. The predicted octanol–water partition coefficient (Wildman–Crippen LogP) is 5.11. The van der Waals surface area contributed by atoms with Crippen molar-refractivity contribution in [1.29, 1.82) is 0 Å². The Hall–Kier alpha value is -2.81. The fourth-order valence-electron chi connectivity index (χ4n) is 2.49. The molecule has 0 atom stereocenters. The molecule has 0 heterocycles. The summed E-state index contributed by atoms with van der Waals surface area (Å²) in [5.74, 6) is 1.35. The SMILES string of the molecule is COc1ccc(/C=C/C(=O)c2ccccc2OC)cc1CC=C(C)C. The summed E-state index contributed by atoms with van der Waals surface area (Å²) >= 11 is 0. The van der Waals surface area contributed by atoms with Crippen LogP contribution in [0.1, 0.15) is 35.3 Å². The Labute approximate surface area is 149 Å². The van der Waals surface area contributed by atoms with Gasteiger partial charge in [-0.2, -0.15) is 0 Å². The molecule has 2 aromatic rings. The second-order valence-corrected chi connectivity index (χ2v) is 5.95. The molecule has 0 saturated carbocycles. The third kappa shape index (κ3) is 5.08. The molecule has 0 unspecified atom stereocenters. The Morgan fingerprint density at radius 3 is 2.40 bits per heavy atom. The molecular weight excluding hydrogens is 312 g/mol. The van der Waals surface area contributed by atoms with Crippen LogP contribution in [0.5, 0.6) is 11.5 Å². The molecule has 25 heavy (non-hydrogen) atoms. The lowest BCUT2D eigenvalue weighted by atomic mass is 10.0. The van der Waals surface area contributed by atoms with Gasteiger partial charge in [0.2, 0.25) is 0 Å². The van der Waals surface area contributed by atoms with Gasteiger partial charge in [0.25, 0.3) is 0 Å². The molecule has 0 radical (unpaired) electrons. The number of ketones is 1. The zero-order chi connectivity index (χ0) is 18.2. The molecule has 0 aromatic heterocycles. The lowest BCUT2D eigenvalue weighted by molar-refractivity contribution is 0.104. The highest BCUT2D eigenvalue weighted by molar-refractivity contribution is 6.08. The molecule has 2 aromatic carbocycles. The number of benzene rings is 2. The van der Waals surface area contributed by atoms with E-state index >= 15 is 0 Å². The largest absolute Gasteiger partial charge is 0.496 e. The number of para-hydroxylation sites is 1. The molecule has 0 saturated heterocycles. The third-order valence-corrected chi connectivity index (χ3v) is 3.83. The lowest BCUT2D eigenvalue weighted by Gasteiger charge is -2.08. The van der Waals surface area contributed by atoms with Crippen molar-refractivity contribution in [3.05, 3.63) is 76.9 Å². The van der Waals surface area contributed by atoms with Crippen LogP contribution >= 0.6 is 0 Å². The molecule has 0 amide bonds. The van der Waals surface area contributed by atoms with E-state index in [9.17, 15) is 4.79 Å². The molecule has 3 nitrogen and oxygen atoms in total. The maximum atomic E-state index is 12.4. The topological polar surface area (TPSA) is 35.5 Å². The van der Waals surface area contributed by atoms with E-state index in [1.165, 1.54) is 5.57 Å². The Morgan fingerprint density at radius 1 is 1.00 bits per heavy atom. The van der Waals surface area contributed by atoms with E-state index < -0.39 is 0 Å². The van der Waals surface area contributed by atoms with Crippen LogP contribution in [0.25, 0.3) is 6.08 Å². The van der Waals surface area contributed by atoms with E-state index in [1.807, 2.05) is 36.4 Å². The Bertz CT molecular complexity index is 797. The zero-order valence-corrected chi connectivity index (χ0v) is 15.2. The number of ether oxygens (including phenoxy) is 2. The minimum Gasteiger partial charge on any atom is -0.496 e. The number of methoxy groups -OCH3 is 2. The Balaban J connectivity index is 2.24. The first-order valence-electron chi connectivity index (χ1n) is 8.21. The molecule has 0 fully saturated rings. The van der Waals surface area contributed by atoms with Gasteiger partial charge in [-0.25, -0.2) is 0 Å². The van der Waals surface area contributed by atoms with Crippen LogP contribution in [-0.4, -0.2) is 20.0 Å². The summed E-state index contributed by atoms with van der Waals surface area (Å²) in [6, 6.07) is 13.1. The molecule has 0 N–H and O–H groups in total. The number of hydrogen-bond acceptors (Lipinski definition) is 3. The number of hydrogen-bond donors (Lipinski definition) is 0. The van der Waals surface area contributed by atoms with Crippen LogP contribution in [0.15, 0.2) is 60.2 Å². The minimum absolute atomic E-state index is 0.0842. The van der Waals surface area contributed by atoms with Crippen molar-refractivity contribution in [2.24, 2.45) is 0 Å². The fraction of sp³-hybridized carbons (Fsp3) is 0.227. The first kappa shape index (κ1) is 18.5. The first-order valence-corrected chi connectivity index (χ1v) is 8.21. The maximum absolute atomic E-state index is 12.4. The van der Waals surface area contributed by atoms with Gasteiger partial charge in [-0.15, -0.1) is 0 Å². The standard InChI is InChI=1S/C22H24O3/c1-16(2)9-12-18-15-17(11-14-21(18)24-3)10-13-20(23)19-7-5-6-8-22(19)25-4/h5-11,13-15H,12H2,1-4H3/b13-10+. The smallest absolute Gasteiger partial charge is 0.189 e. The average Bonchev–Trinajstić information content (AvgIpc) is 2.64. The quantitative estimate of drug-likeness (QED) is 0.400. The van der Waals surface area contributed by atoms with Gasteiger partial charge in [0.15, 0.2) is 5.78 Å². The van der Waals surface area contributed by atoms with Crippen LogP contribution in [0.4, 0.5) is 0 Å². The fourth-order valence-corrected chi connectivity index (χ4v) is 2.49. The van der Waals surface area contributed by atoms with Gasteiger partial charge in [-0.05, 0) is 61.7 Å². The van der Waals surface area contributed by atoms with Crippen LogP contribution in [-0.2, 0) is 6.42 Å². The summed E-state index contributed by atoms with van der Waals surface area (Å²) in [5, 5.41) is 0. The van der Waals surface area contributed by atoms with Crippen molar-refractivity contribution >= 4 is 11.9 Å². The van der Waals surface area contributed by atoms with Crippen molar-refractivity contribution in [2.45, 2.75) is 20.3 Å². The van der Waals surface area contributed by atoms with Gasteiger partial charge < -0.3 is 9.47 Å². The molecular formula is C22H24O3. The molecule has 0 aliphatic rings. The summed E-state index contributed by atoms with van der Waals surface area (Å²) < 4.78 is 10.7. The van der Waals surface area contributed by atoms with Gasteiger partial charge in [-0.3, -0.25) is 4.79 Å². The van der Waals surface area contributed by atoms with E-state index in [-0.39, 0.29) is 5.78 Å². The minimum atomic E-state index is -0.0842. The Kier molecular flexibility index (Phi) is 6.58. The van der Waals surface area contributed by atoms with E-state index in [2.05, 4.69) is 19.9 Å². The monoisotopic (exact) mass is 336 g/mol. The van der Waals surface area contributed by atoms with Crippen molar-refractivity contribution in [3.8, 4) is 11.5 Å². The van der Waals surface area contributed by atoms with Crippen molar-refractivity contribution < 1.29 is 14.3 Å². The van der Waals surface area contributed by atoms with Crippen LogP contribution in [0.2, 0.25) is 0 Å². The number of allylic oxidation sites excluding steroid dienone is 3. The molecule has 0 spiro atoms. The van der Waals surface area contributed by atoms with Crippen LogP contribution in [0, 0.1) is 0 Å².